The number of carboxylic acid groups (broad SMARTS) is 1. The number of nitrogens with two attached hydrogens (primary N) is 2. The van der Waals surface area contributed by atoms with E-state index in [9.17, 15) is 63.7 Å². The first-order chi connectivity index (χ1) is 35.8. The van der Waals surface area contributed by atoms with Gasteiger partial charge in [-0.15, -0.1) is 0 Å². The first kappa shape index (κ1) is 70.2. The topological polar surface area (TPSA) is 374 Å². The first-order valence-electron chi connectivity index (χ1n) is 22.8. The molecule has 0 aliphatic carbocycles. The normalized spacial score (nSPS) is 9.53. The molecule has 76 heavy (non-hydrogen) atoms. The maximum atomic E-state index is 11.1. The van der Waals surface area contributed by atoms with Gasteiger partial charge in [0.2, 0.25) is 0 Å². The van der Waals surface area contributed by atoms with Crippen LogP contribution >= 0.6 is 15.9 Å². The van der Waals surface area contributed by atoms with E-state index in [1.54, 1.807) is 44.2 Å². The fourth-order valence-electron chi connectivity index (χ4n) is 5.29. The minimum absolute atomic E-state index is 0. The summed E-state index contributed by atoms with van der Waals surface area (Å²) in [7, 11) is 0. The predicted molar refractivity (Wildman–Crippen MR) is 273 cm³/mol. The summed E-state index contributed by atoms with van der Waals surface area (Å²) in [5.74, 6) is -0.575. The van der Waals surface area contributed by atoms with E-state index in [0.29, 0.717) is 118 Å². The summed E-state index contributed by atoms with van der Waals surface area (Å²) in [6.07, 6.45) is 5.45. The molecule has 26 heteroatoms. The molecule has 408 valence electrons. The molecular weight excluding hydrogens is 1060 g/mol. The number of nitrogens with zero attached hydrogens (tertiary/aromatic N) is 2. The summed E-state index contributed by atoms with van der Waals surface area (Å²) >= 11 is 3.22. The van der Waals surface area contributed by atoms with Gasteiger partial charge in [0.25, 0.3) is 11.4 Å². The van der Waals surface area contributed by atoms with Crippen LogP contribution in [-0.4, -0.2) is 109 Å². The molecule has 0 aliphatic rings. The standard InChI is InChI=1S/C13H15NO6.C13H17NO4.C11H13NO4.C7H5NO4.C6H11BrO2.Li/c1-2-19-13(16)4-3-7-20-11-6-5-10(9-15)12(8-11)14(17)18;1-2-17-13(16)4-3-7-18-11-6-5-10(9-15)12(14)8-11;12-10-6-9(4-3-8(10)7-13)16-5-1-2-11(14)15;9-4-5-1-2-6(10)3-7(5)8(11)12;1-2-9-6(8)4-3-5-7;/h5-6,8-9H,2-4,7H2,1H3;5-6,8-9H,2-4,7,14H2,1H3;3-4,6-7H,1-2,5,12H2,(H,14,15);1-4,10H;2-5H2,1H3;/q;;;;;+1/p-1. The van der Waals surface area contributed by atoms with Gasteiger partial charge >= 0.3 is 36.8 Å². The number of benzene rings is 4. The molecule has 0 unspecified atom stereocenters. The monoisotopic (exact) mass is 1120 g/mol. The van der Waals surface area contributed by atoms with Crippen molar-refractivity contribution in [3.8, 4) is 23.0 Å². The SMILES string of the molecule is CCOC(=O)CCCBr.CCOC(=O)CCCOc1ccc(C=O)c(N)c1.CCOC(=O)CCCOc1ccc(C=O)c([N+](=O)[O-])c1.Nc1cc(OCCCC(=O)[O-])ccc1C=O.O=Cc1ccc(O)cc1[N+](=O)[O-].[Li+]. The maximum Gasteiger partial charge on any atom is 1.00 e. The molecule has 0 radical (unpaired) electrons. The van der Waals surface area contributed by atoms with Crippen LogP contribution in [0.5, 0.6) is 23.0 Å². The number of rotatable bonds is 27. The second kappa shape index (κ2) is 42.5. The fraction of sp³-hybridized carbons (Fsp3) is 0.360. The summed E-state index contributed by atoms with van der Waals surface area (Å²) in [4.78, 5) is 104. The van der Waals surface area contributed by atoms with E-state index in [4.69, 9.17) is 40.3 Å². The second-order valence-electron chi connectivity index (χ2n) is 14.5. The zero-order valence-electron chi connectivity index (χ0n) is 42.5. The van der Waals surface area contributed by atoms with Crippen molar-refractivity contribution in [2.75, 3.05) is 56.4 Å². The van der Waals surface area contributed by atoms with Gasteiger partial charge in [0.05, 0.1) is 72.7 Å². The van der Waals surface area contributed by atoms with E-state index in [1.807, 2.05) is 6.92 Å². The van der Waals surface area contributed by atoms with E-state index in [-0.39, 0.29) is 96.8 Å². The number of phenols is 1. The third-order valence-electron chi connectivity index (χ3n) is 8.85. The number of carboxylic acids is 1. The Morgan fingerprint density at radius 3 is 1.20 bits per heavy atom. The van der Waals surface area contributed by atoms with Crippen LogP contribution in [0.3, 0.4) is 0 Å². The number of halogens is 1. The van der Waals surface area contributed by atoms with E-state index < -0.39 is 15.8 Å². The molecule has 0 spiro atoms. The minimum atomic E-state index is -1.10. The van der Waals surface area contributed by atoms with E-state index in [2.05, 4.69) is 20.7 Å². The Bertz CT molecular complexity index is 2480. The molecule has 0 saturated heterocycles. The van der Waals surface area contributed by atoms with Gasteiger partial charge in [0, 0.05) is 65.2 Å². The maximum absolute atomic E-state index is 11.1. The van der Waals surface area contributed by atoms with Crippen molar-refractivity contribution < 1.29 is 106 Å². The molecule has 0 fully saturated rings. The smallest absolute Gasteiger partial charge is 0.550 e. The number of esters is 3. The Morgan fingerprint density at radius 2 is 0.868 bits per heavy atom. The van der Waals surface area contributed by atoms with Gasteiger partial charge in [-0.2, -0.15) is 0 Å². The van der Waals surface area contributed by atoms with Crippen LogP contribution in [0.25, 0.3) is 0 Å². The van der Waals surface area contributed by atoms with Gasteiger partial charge in [0.15, 0.2) is 25.1 Å². The largest absolute Gasteiger partial charge is 1.00 e. The van der Waals surface area contributed by atoms with Gasteiger partial charge < -0.3 is 54.9 Å². The third-order valence-corrected chi connectivity index (χ3v) is 9.41. The Balaban J connectivity index is 0. The van der Waals surface area contributed by atoms with E-state index in [0.717, 1.165) is 17.8 Å². The van der Waals surface area contributed by atoms with Crippen LogP contribution in [0.4, 0.5) is 22.7 Å². The summed E-state index contributed by atoms with van der Waals surface area (Å²) in [5, 5.41) is 40.9. The number of alkyl halides is 1. The minimum Gasteiger partial charge on any atom is -0.550 e. The molecule has 0 bridgehead atoms. The number of anilines is 2. The van der Waals surface area contributed by atoms with Crippen molar-refractivity contribution in [1.82, 2.24) is 0 Å². The Labute approximate surface area is 458 Å². The zero-order chi connectivity index (χ0) is 56.6. The van der Waals surface area contributed by atoms with Crippen LogP contribution in [0.1, 0.15) is 114 Å². The van der Waals surface area contributed by atoms with Crippen LogP contribution in [0, 0.1) is 20.2 Å². The predicted octanol–water partition coefficient (Wildman–Crippen LogP) is 3.76. The number of carbonyl (C=O) groups excluding carboxylic acids is 8. The molecular formula is C50H60BrLiN4O20. The number of hydrogen-bond acceptors (Lipinski definition) is 22. The molecule has 24 nitrogen and oxygen atoms in total. The van der Waals surface area contributed by atoms with E-state index >= 15 is 0 Å². The van der Waals surface area contributed by atoms with Crippen LogP contribution in [-0.2, 0) is 33.4 Å². The number of carbonyl (C=O) groups is 8. The van der Waals surface area contributed by atoms with Gasteiger partial charge in [-0.1, -0.05) is 15.9 Å². The molecule has 5 N–H and O–H groups in total. The summed E-state index contributed by atoms with van der Waals surface area (Å²) in [6, 6.07) is 16.9. The molecule has 0 aromatic heterocycles. The molecule has 0 atom stereocenters. The Hall–Kier alpha value is -7.88. The number of aliphatic carboxylic acids is 1. The number of aromatic hydroxyl groups is 1. The number of nitrogen functional groups attached to an aromatic ring is 2. The summed E-state index contributed by atoms with van der Waals surface area (Å²) in [6.45, 7) is 7.42. The molecule has 0 aliphatic heterocycles. The van der Waals surface area contributed by atoms with Crippen LogP contribution in [0.2, 0.25) is 0 Å². The van der Waals surface area contributed by atoms with Crippen molar-refractivity contribution in [2.24, 2.45) is 0 Å². The Kier molecular flexibility index (Phi) is 39.2. The van der Waals surface area contributed by atoms with Crippen molar-refractivity contribution in [2.45, 2.75) is 72.1 Å². The molecule has 4 aromatic rings. The fourth-order valence-corrected chi connectivity index (χ4v) is 5.57. The number of nitro benzene ring substituents is 2. The van der Waals surface area contributed by atoms with Gasteiger partial charge in [0.1, 0.15) is 23.0 Å². The summed E-state index contributed by atoms with van der Waals surface area (Å²) in [5.41, 5.74) is 12.0. The van der Waals surface area contributed by atoms with Crippen LogP contribution < -0.4 is 49.6 Å². The van der Waals surface area contributed by atoms with Crippen LogP contribution in [0.15, 0.2) is 72.8 Å². The number of aldehydes is 4. The zero-order valence-corrected chi connectivity index (χ0v) is 44.1. The number of phenolic OH excluding ortho intramolecular Hbond substituents is 1. The number of ether oxygens (including phenoxy) is 6. The number of nitro groups is 2. The van der Waals surface area contributed by atoms with E-state index in [1.165, 1.54) is 36.4 Å². The average molecular weight is 1120 g/mol. The van der Waals surface area contributed by atoms with Gasteiger partial charge in [-0.05, 0) is 101 Å². The van der Waals surface area contributed by atoms with Gasteiger partial charge in [-0.25, -0.2) is 0 Å². The van der Waals surface area contributed by atoms with Crippen molar-refractivity contribution in [3.63, 3.8) is 0 Å². The Morgan fingerprint density at radius 1 is 0.539 bits per heavy atom. The number of hydrogen-bond donors (Lipinski definition) is 3. The van der Waals surface area contributed by atoms with Gasteiger partial charge in [-0.3, -0.25) is 53.8 Å². The molecule has 0 saturated carbocycles. The van der Waals surface area contributed by atoms with Crippen molar-refractivity contribution in [1.29, 1.82) is 0 Å². The van der Waals surface area contributed by atoms with Crippen molar-refractivity contribution >= 4 is 87.7 Å². The molecule has 0 amide bonds. The summed E-state index contributed by atoms with van der Waals surface area (Å²) < 4.78 is 30.2. The van der Waals surface area contributed by atoms with Crippen molar-refractivity contribution in [3.05, 3.63) is 115 Å². The third kappa shape index (κ3) is 31.6. The molecule has 4 aromatic carbocycles. The molecule has 0 heterocycles. The molecule has 4 rings (SSSR count). The quantitative estimate of drug-likeness (QED) is 0.00880. The first-order valence-corrected chi connectivity index (χ1v) is 23.9. The average Bonchev–Trinajstić information content (AvgIpc) is 3.38. The second-order valence-corrected chi connectivity index (χ2v) is 15.3.